The molecule has 0 radical (unpaired) electrons. The largest absolute Gasteiger partial charge is 0.320 e. The van der Waals surface area contributed by atoms with Gasteiger partial charge in [-0.05, 0) is 25.1 Å². The second-order valence-electron chi connectivity index (χ2n) is 6.36. The van der Waals surface area contributed by atoms with Gasteiger partial charge in [-0.2, -0.15) is 5.26 Å². The van der Waals surface area contributed by atoms with Gasteiger partial charge in [0.1, 0.15) is 10.9 Å². The summed E-state index contributed by atoms with van der Waals surface area (Å²) in [6.07, 6.45) is 1.73. The fourth-order valence-corrected chi connectivity index (χ4v) is 4.15. The van der Waals surface area contributed by atoms with Crippen LogP contribution in [-0.4, -0.2) is 20.2 Å². The second kappa shape index (κ2) is 7.59. The molecule has 0 spiro atoms. The molecule has 8 nitrogen and oxygen atoms in total. The molecule has 2 aromatic heterocycles. The number of non-ortho nitro benzene ring substituents is 1. The van der Waals surface area contributed by atoms with E-state index in [-0.39, 0.29) is 11.6 Å². The summed E-state index contributed by atoms with van der Waals surface area (Å²) in [6, 6.07) is 12.9. The van der Waals surface area contributed by atoms with Crippen LogP contribution in [0.4, 0.5) is 11.4 Å². The Bertz CT molecular complexity index is 1370. The number of nitro benzene ring substituents is 1. The number of fused-ring (bicyclic) bond motifs is 1. The molecule has 0 aliphatic carbocycles. The Morgan fingerprint density at radius 3 is 2.83 bits per heavy atom. The molecule has 4 rings (SSSR count). The first-order chi connectivity index (χ1) is 14.4. The minimum Gasteiger partial charge on any atom is -0.320 e. The molecule has 0 saturated carbocycles. The predicted octanol–water partition coefficient (Wildman–Crippen LogP) is 5.06. The number of carbonyl (C=O) groups is 1. The average molecular weight is 438 g/mol. The van der Waals surface area contributed by atoms with Gasteiger partial charge in [0.15, 0.2) is 4.96 Å². The molecule has 0 atom stereocenters. The number of anilines is 1. The van der Waals surface area contributed by atoms with Gasteiger partial charge in [-0.1, -0.05) is 35.1 Å². The third-order valence-electron chi connectivity index (χ3n) is 4.47. The molecular formula is C20H12ClN5O3S. The van der Waals surface area contributed by atoms with Crippen LogP contribution in [0.1, 0.15) is 20.9 Å². The highest BCUT2D eigenvalue weighted by atomic mass is 35.5. The first-order valence-corrected chi connectivity index (χ1v) is 9.81. The van der Waals surface area contributed by atoms with E-state index < -0.39 is 4.92 Å². The number of nitriles is 1. The van der Waals surface area contributed by atoms with E-state index in [2.05, 4.69) is 10.3 Å². The highest BCUT2D eigenvalue weighted by Crippen LogP contribution is 2.30. The van der Waals surface area contributed by atoms with Crippen molar-refractivity contribution in [3.05, 3.63) is 79.9 Å². The Morgan fingerprint density at radius 1 is 1.33 bits per heavy atom. The van der Waals surface area contributed by atoms with Crippen LogP contribution in [0.25, 0.3) is 16.2 Å². The molecule has 4 aromatic rings. The molecule has 0 bridgehead atoms. The van der Waals surface area contributed by atoms with Crippen LogP contribution in [0.2, 0.25) is 5.02 Å². The van der Waals surface area contributed by atoms with E-state index in [1.807, 2.05) is 6.07 Å². The van der Waals surface area contributed by atoms with Gasteiger partial charge >= 0.3 is 0 Å². The van der Waals surface area contributed by atoms with Crippen molar-refractivity contribution in [2.75, 3.05) is 5.32 Å². The summed E-state index contributed by atoms with van der Waals surface area (Å²) in [7, 11) is 0. The van der Waals surface area contributed by atoms with Gasteiger partial charge < -0.3 is 5.32 Å². The Labute approximate surface area is 179 Å². The van der Waals surface area contributed by atoms with Crippen LogP contribution in [0.3, 0.4) is 0 Å². The number of carbonyl (C=O) groups excluding carboxylic acids is 1. The Hall–Kier alpha value is -3.74. The molecular weight excluding hydrogens is 426 g/mol. The number of nitrogens with one attached hydrogen (secondary N) is 1. The lowest BCUT2D eigenvalue weighted by Gasteiger charge is -2.07. The lowest BCUT2D eigenvalue weighted by Crippen LogP contribution is -2.13. The van der Waals surface area contributed by atoms with Crippen molar-refractivity contribution in [1.29, 1.82) is 5.26 Å². The number of aryl methyl sites for hydroxylation is 1. The third-order valence-corrected chi connectivity index (χ3v) is 5.86. The molecule has 0 unspecified atom stereocenters. The number of thiazole rings is 1. The summed E-state index contributed by atoms with van der Waals surface area (Å²) in [5.41, 5.74) is 2.47. The molecule has 0 saturated heterocycles. The van der Waals surface area contributed by atoms with E-state index in [4.69, 9.17) is 11.6 Å². The summed E-state index contributed by atoms with van der Waals surface area (Å²) < 4.78 is 1.76. The fourth-order valence-electron chi connectivity index (χ4n) is 2.98. The zero-order valence-corrected chi connectivity index (χ0v) is 17.0. The second-order valence-corrected chi connectivity index (χ2v) is 7.77. The number of aromatic nitrogens is 2. The van der Waals surface area contributed by atoms with Gasteiger partial charge in [0.25, 0.3) is 11.6 Å². The maximum Gasteiger partial charge on any atom is 0.270 e. The standard InChI is InChI=1S/C20H12ClN5O3S/c1-11-18(19(27)23-16-8-14(21)6-5-13(16)9-22)30-20-24-17(10-25(11)20)12-3-2-4-15(7-12)26(28)29/h2-8,10H,1H3,(H,23,27). The maximum atomic E-state index is 12.8. The van der Waals surface area contributed by atoms with Crippen LogP contribution in [0, 0.1) is 28.4 Å². The molecule has 0 aliphatic heterocycles. The van der Waals surface area contributed by atoms with Crippen LogP contribution in [-0.2, 0) is 0 Å². The molecule has 148 valence electrons. The van der Waals surface area contributed by atoms with Crippen molar-refractivity contribution in [3.8, 4) is 17.3 Å². The van der Waals surface area contributed by atoms with Crippen molar-refractivity contribution in [2.45, 2.75) is 6.92 Å². The van der Waals surface area contributed by atoms with E-state index in [0.29, 0.717) is 43.1 Å². The average Bonchev–Trinajstić information content (AvgIpc) is 3.28. The Kier molecular flexibility index (Phi) is 4.95. The summed E-state index contributed by atoms with van der Waals surface area (Å²) in [5.74, 6) is -0.376. The van der Waals surface area contributed by atoms with Gasteiger partial charge in [-0.15, -0.1) is 0 Å². The quantitative estimate of drug-likeness (QED) is 0.354. The Balaban J connectivity index is 1.67. The molecule has 1 N–H and O–H groups in total. The van der Waals surface area contributed by atoms with Crippen molar-refractivity contribution in [3.63, 3.8) is 0 Å². The number of hydrogen-bond donors (Lipinski definition) is 1. The van der Waals surface area contributed by atoms with Gasteiger partial charge in [0, 0.05) is 34.6 Å². The Morgan fingerprint density at radius 2 is 2.13 bits per heavy atom. The highest BCUT2D eigenvalue weighted by Gasteiger charge is 2.20. The number of amides is 1. The predicted molar refractivity (Wildman–Crippen MR) is 114 cm³/mol. The highest BCUT2D eigenvalue weighted by molar-refractivity contribution is 7.19. The molecule has 1 amide bonds. The zero-order valence-electron chi connectivity index (χ0n) is 15.4. The lowest BCUT2D eigenvalue weighted by molar-refractivity contribution is -0.384. The van der Waals surface area contributed by atoms with Crippen LogP contribution < -0.4 is 5.32 Å². The smallest absolute Gasteiger partial charge is 0.270 e. The van der Waals surface area contributed by atoms with Gasteiger partial charge in [-0.25, -0.2) is 4.98 Å². The number of halogens is 1. The number of imidazole rings is 1. The van der Waals surface area contributed by atoms with Crippen molar-refractivity contribution in [2.24, 2.45) is 0 Å². The molecule has 30 heavy (non-hydrogen) atoms. The van der Waals surface area contributed by atoms with Gasteiger partial charge in [-0.3, -0.25) is 19.3 Å². The van der Waals surface area contributed by atoms with Gasteiger partial charge in [0.05, 0.1) is 21.9 Å². The lowest BCUT2D eigenvalue weighted by atomic mass is 10.1. The first kappa shape index (κ1) is 19.6. The van der Waals surface area contributed by atoms with Gasteiger partial charge in [0.2, 0.25) is 0 Å². The van der Waals surface area contributed by atoms with Crippen LogP contribution >= 0.6 is 22.9 Å². The van der Waals surface area contributed by atoms with E-state index in [1.165, 1.54) is 35.6 Å². The van der Waals surface area contributed by atoms with E-state index in [0.717, 1.165) is 0 Å². The number of rotatable bonds is 4. The van der Waals surface area contributed by atoms with Crippen molar-refractivity contribution >= 4 is 45.2 Å². The number of hydrogen-bond acceptors (Lipinski definition) is 6. The van der Waals surface area contributed by atoms with Crippen LogP contribution in [0.5, 0.6) is 0 Å². The molecule has 0 aliphatic rings. The minimum absolute atomic E-state index is 0.0181. The summed E-state index contributed by atoms with van der Waals surface area (Å²) in [5, 5.41) is 23.4. The van der Waals surface area contributed by atoms with Crippen molar-refractivity contribution < 1.29 is 9.72 Å². The normalized spacial score (nSPS) is 10.7. The fraction of sp³-hybridized carbons (Fsp3) is 0.0500. The van der Waals surface area contributed by atoms with E-state index in [9.17, 15) is 20.2 Å². The molecule has 2 aromatic carbocycles. The molecule has 2 heterocycles. The number of nitrogens with zero attached hydrogens (tertiary/aromatic N) is 4. The maximum absolute atomic E-state index is 12.8. The summed E-state index contributed by atoms with van der Waals surface area (Å²) in [4.78, 5) is 28.9. The first-order valence-electron chi connectivity index (χ1n) is 8.61. The number of benzene rings is 2. The molecule has 10 heteroatoms. The van der Waals surface area contributed by atoms with E-state index in [1.54, 1.807) is 35.7 Å². The number of nitro groups is 1. The van der Waals surface area contributed by atoms with Crippen LogP contribution in [0.15, 0.2) is 48.7 Å². The monoisotopic (exact) mass is 437 g/mol. The molecule has 0 fully saturated rings. The van der Waals surface area contributed by atoms with E-state index >= 15 is 0 Å². The van der Waals surface area contributed by atoms with Crippen molar-refractivity contribution in [1.82, 2.24) is 9.38 Å². The topological polar surface area (TPSA) is 113 Å². The summed E-state index contributed by atoms with van der Waals surface area (Å²) in [6.45, 7) is 1.78. The SMILES string of the molecule is Cc1c(C(=O)Nc2cc(Cl)ccc2C#N)sc2nc(-c3cccc([N+](=O)[O-])c3)cn12. The third kappa shape index (κ3) is 3.50. The zero-order chi connectivity index (χ0) is 21.4. The minimum atomic E-state index is -0.457. The summed E-state index contributed by atoms with van der Waals surface area (Å²) >= 11 is 7.16.